The number of carbonyl (C=O) groups is 1. The Labute approximate surface area is 155 Å². The smallest absolute Gasteiger partial charge is 0.227 e. The van der Waals surface area contributed by atoms with E-state index in [1.54, 1.807) is 6.92 Å². The molecule has 1 amide bonds. The van der Waals surface area contributed by atoms with Crippen LogP contribution in [0.25, 0.3) is 0 Å². The second kappa shape index (κ2) is 9.53. The first-order chi connectivity index (χ1) is 12.4. The first-order valence-electron chi connectivity index (χ1n) is 9.33. The zero-order valence-corrected chi connectivity index (χ0v) is 16.3. The summed E-state index contributed by atoms with van der Waals surface area (Å²) in [7, 11) is 0. The van der Waals surface area contributed by atoms with Crippen LogP contribution in [-0.2, 0) is 11.4 Å². The van der Waals surface area contributed by atoms with Gasteiger partial charge >= 0.3 is 0 Å². The molecule has 26 heavy (non-hydrogen) atoms. The fourth-order valence-electron chi connectivity index (χ4n) is 3.21. The summed E-state index contributed by atoms with van der Waals surface area (Å²) in [6, 6.07) is 6.06. The molecule has 1 fully saturated rings. The number of anilines is 1. The van der Waals surface area contributed by atoms with Crippen molar-refractivity contribution >= 4 is 11.6 Å². The van der Waals surface area contributed by atoms with Gasteiger partial charge < -0.3 is 14.9 Å². The molecule has 3 rings (SSSR count). The number of carbonyl (C=O) groups excluding carboxylic acids is 1. The highest BCUT2D eigenvalue weighted by Gasteiger charge is 2.21. The monoisotopic (exact) mass is 358 g/mol. The number of benzene rings is 1. The fraction of sp³-hybridized carbons (Fsp3) is 0.524. The van der Waals surface area contributed by atoms with E-state index in [-0.39, 0.29) is 18.4 Å². The zero-order chi connectivity index (χ0) is 19.1. The van der Waals surface area contributed by atoms with E-state index in [0.29, 0.717) is 5.76 Å². The lowest BCUT2D eigenvalue weighted by atomic mass is 9.88. The third kappa shape index (κ3) is 5.18. The summed E-state index contributed by atoms with van der Waals surface area (Å²) in [6.07, 6.45) is 5.79. The molecule has 5 nitrogen and oxygen atoms in total. The predicted octanol–water partition coefficient (Wildman–Crippen LogP) is 4.61. The Bertz CT molecular complexity index is 711. The maximum atomic E-state index is 12.1. The molecule has 0 spiro atoms. The first kappa shape index (κ1) is 20.2. The minimum atomic E-state index is 0.0150. The van der Waals surface area contributed by atoms with Gasteiger partial charge in [-0.25, -0.2) is 0 Å². The van der Waals surface area contributed by atoms with E-state index < -0.39 is 0 Å². The largest absolute Gasteiger partial charge is 0.391 e. The van der Waals surface area contributed by atoms with Crippen molar-refractivity contribution in [2.24, 2.45) is 5.92 Å². The molecule has 142 valence electrons. The van der Waals surface area contributed by atoms with Gasteiger partial charge in [-0.2, -0.15) is 0 Å². The molecule has 0 radical (unpaired) electrons. The molecule has 1 heterocycles. The van der Waals surface area contributed by atoms with Gasteiger partial charge in [0.2, 0.25) is 5.91 Å². The number of aromatic nitrogens is 1. The number of hydrogen-bond acceptors (Lipinski definition) is 4. The van der Waals surface area contributed by atoms with Crippen LogP contribution in [0.5, 0.6) is 0 Å². The number of nitrogens with one attached hydrogen (secondary N) is 1. The average Bonchev–Trinajstić information content (AvgIpc) is 2.98. The van der Waals surface area contributed by atoms with E-state index in [1.165, 1.54) is 30.4 Å². The predicted molar refractivity (Wildman–Crippen MR) is 103 cm³/mol. The van der Waals surface area contributed by atoms with Crippen molar-refractivity contribution in [3.63, 3.8) is 0 Å². The summed E-state index contributed by atoms with van der Waals surface area (Å²) in [4.78, 5) is 12.1. The van der Waals surface area contributed by atoms with Crippen LogP contribution in [-0.4, -0.2) is 16.2 Å². The maximum absolute atomic E-state index is 12.1. The molecule has 1 aliphatic rings. The highest BCUT2D eigenvalue weighted by Crippen LogP contribution is 2.26. The van der Waals surface area contributed by atoms with Gasteiger partial charge in [0.1, 0.15) is 5.76 Å². The normalized spacial score (nSPS) is 14.5. The van der Waals surface area contributed by atoms with Crippen LogP contribution in [0.1, 0.15) is 60.2 Å². The van der Waals surface area contributed by atoms with Gasteiger partial charge in [0.15, 0.2) is 0 Å². The third-order valence-corrected chi connectivity index (χ3v) is 5.18. The molecule has 5 heteroatoms. The lowest BCUT2D eigenvalue weighted by Crippen LogP contribution is -2.25. The third-order valence-electron chi connectivity index (χ3n) is 5.18. The SMILES string of the molecule is Cc1cccc(NC(=O)C2CCCCC2)c1C.Cc1noc(C)c1CO. The molecular weight excluding hydrogens is 328 g/mol. The van der Waals surface area contributed by atoms with Gasteiger partial charge in [0.25, 0.3) is 0 Å². The van der Waals surface area contributed by atoms with E-state index in [9.17, 15) is 4.79 Å². The highest BCUT2D eigenvalue weighted by molar-refractivity contribution is 5.93. The molecule has 2 N–H and O–H groups in total. The standard InChI is InChI=1S/C15H21NO.C6H9NO2/c1-11-7-6-10-14(12(11)2)16-15(17)13-8-4-3-5-9-13;1-4-6(3-8)5(2)9-7-4/h6-7,10,13H,3-5,8-9H2,1-2H3,(H,16,17);8H,3H2,1-2H3. The molecule has 1 aromatic carbocycles. The van der Waals surface area contributed by atoms with Crippen molar-refractivity contribution in [1.82, 2.24) is 5.16 Å². The molecule has 0 aliphatic heterocycles. The Morgan fingerprint density at radius 3 is 2.42 bits per heavy atom. The fourth-order valence-corrected chi connectivity index (χ4v) is 3.21. The number of aliphatic hydroxyl groups excluding tert-OH is 1. The zero-order valence-electron chi connectivity index (χ0n) is 16.3. The van der Waals surface area contributed by atoms with Crippen molar-refractivity contribution < 1.29 is 14.4 Å². The molecular formula is C21H30N2O3. The quantitative estimate of drug-likeness (QED) is 0.840. The summed E-state index contributed by atoms with van der Waals surface area (Å²) in [5.41, 5.74) is 4.95. The van der Waals surface area contributed by atoms with Gasteiger partial charge in [-0.1, -0.05) is 36.6 Å². The number of nitrogens with zero attached hydrogens (tertiary/aromatic N) is 1. The van der Waals surface area contributed by atoms with E-state index in [2.05, 4.69) is 30.4 Å². The van der Waals surface area contributed by atoms with Crippen molar-refractivity contribution in [2.75, 3.05) is 5.32 Å². The van der Waals surface area contributed by atoms with Gasteiger partial charge in [0.05, 0.1) is 12.3 Å². The van der Waals surface area contributed by atoms with Crippen LogP contribution < -0.4 is 5.32 Å². The van der Waals surface area contributed by atoms with Crippen LogP contribution in [0.2, 0.25) is 0 Å². The lowest BCUT2D eigenvalue weighted by Gasteiger charge is -2.21. The van der Waals surface area contributed by atoms with Crippen LogP contribution >= 0.6 is 0 Å². The van der Waals surface area contributed by atoms with Gasteiger partial charge in [-0.05, 0) is 57.7 Å². The second-order valence-electron chi connectivity index (χ2n) is 7.03. The van der Waals surface area contributed by atoms with Crippen molar-refractivity contribution in [3.05, 3.63) is 46.3 Å². The number of amides is 1. The van der Waals surface area contributed by atoms with E-state index >= 15 is 0 Å². The van der Waals surface area contributed by atoms with Crippen LogP contribution in [0.3, 0.4) is 0 Å². The lowest BCUT2D eigenvalue weighted by molar-refractivity contribution is -0.120. The van der Waals surface area contributed by atoms with Crippen molar-refractivity contribution in [1.29, 1.82) is 0 Å². The van der Waals surface area contributed by atoms with Crippen LogP contribution in [0.15, 0.2) is 22.7 Å². The summed E-state index contributed by atoms with van der Waals surface area (Å²) >= 11 is 0. The average molecular weight is 358 g/mol. The van der Waals surface area contributed by atoms with Crippen LogP contribution in [0, 0.1) is 33.6 Å². The summed E-state index contributed by atoms with van der Waals surface area (Å²) < 4.78 is 4.78. The first-order valence-corrected chi connectivity index (χ1v) is 9.33. The van der Waals surface area contributed by atoms with E-state index in [4.69, 9.17) is 9.63 Å². The number of aliphatic hydroxyl groups is 1. The minimum absolute atomic E-state index is 0.0150. The molecule has 0 unspecified atom stereocenters. The van der Waals surface area contributed by atoms with Gasteiger partial charge in [-0.3, -0.25) is 4.79 Å². The molecule has 1 aliphatic carbocycles. The molecule has 1 aromatic heterocycles. The summed E-state index contributed by atoms with van der Waals surface area (Å²) in [6.45, 7) is 7.74. The van der Waals surface area contributed by atoms with Crippen LogP contribution in [0.4, 0.5) is 5.69 Å². The Morgan fingerprint density at radius 2 is 1.88 bits per heavy atom. The van der Waals surface area contributed by atoms with Crippen molar-refractivity contribution in [3.8, 4) is 0 Å². The molecule has 0 saturated heterocycles. The number of rotatable bonds is 3. The summed E-state index contributed by atoms with van der Waals surface area (Å²) in [5.74, 6) is 1.14. The van der Waals surface area contributed by atoms with Crippen molar-refractivity contribution in [2.45, 2.75) is 66.4 Å². The Morgan fingerprint density at radius 1 is 1.19 bits per heavy atom. The molecule has 0 atom stereocenters. The van der Waals surface area contributed by atoms with Gasteiger partial charge in [0, 0.05) is 17.2 Å². The van der Waals surface area contributed by atoms with E-state index in [1.807, 2.05) is 19.1 Å². The Hall–Kier alpha value is -2.14. The highest BCUT2D eigenvalue weighted by atomic mass is 16.5. The Balaban J connectivity index is 0.000000228. The van der Waals surface area contributed by atoms with E-state index in [0.717, 1.165) is 29.8 Å². The number of hydrogen-bond donors (Lipinski definition) is 2. The Kier molecular flexibility index (Phi) is 7.39. The second-order valence-corrected chi connectivity index (χ2v) is 7.03. The maximum Gasteiger partial charge on any atom is 0.227 e. The molecule has 2 aromatic rings. The molecule has 1 saturated carbocycles. The number of aryl methyl sites for hydroxylation is 3. The topological polar surface area (TPSA) is 75.4 Å². The molecule has 0 bridgehead atoms. The van der Waals surface area contributed by atoms with Gasteiger partial charge in [-0.15, -0.1) is 0 Å². The summed E-state index contributed by atoms with van der Waals surface area (Å²) in [5, 5.41) is 15.4. The minimum Gasteiger partial charge on any atom is -0.391 e.